The summed E-state index contributed by atoms with van der Waals surface area (Å²) in [5.41, 5.74) is 0. The Bertz CT molecular complexity index is 380. The molecule has 0 bridgehead atoms. The van der Waals surface area contributed by atoms with E-state index >= 15 is 0 Å². The van der Waals surface area contributed by atoms with Gasteiger partial charge in [-0.3, -0.25) is 4.79 Å². The Labute approximate surface area is 137 Å². The van der Waals surface area contributed by atoms with E-state index in [-0.39, 0.29) is 17.3 Å². The van der Waals surface area contributed by atoms with Gasteiger partial charge in [-0.05, 0) is 32.1 Å². The molecule has 0 unspecified atom stereocenters. The number of thioether (sulfide) groups is 1. The van der Waals surface area contributed by atoms with Crippen molar-refractivity contribution < 1.29 is 19.0 Å². The number of rotatable bonds is 6. The smallest absolute Gasteiger partial charge is 0.248 e. The molecular weight excluding hydrogens is 302 g/mol. The van der Waals surface area contributed by atoms with Gasteiger partial charge in [-0.15, -0.1) is 11.8 Å². The van der Waals surface area contributed by atoms with Gasteiger partial charge in [-0.25, -0.2) is 0 Å². The van der Waals surface area contributed by atoms with Crippen molar-refractivity contribution in [2.45, 2.75) is 37.0 Å². The highest BCUT2D eigenvalue weighted by Gasteiger charge is 2.50. The Morgan fingerprint density at radius 3 is 2.86 bits per heavy atom. The van der Waals surface area contributed by atoms with E-state index in [4.69, 9.17) is 14.2 Å². The van der Waals surface area contributed by atoms with Crippen molar-refractivity contribution in [2.24, 2.45) is 5.92 Å². The van der Waals surface area contributed by atoms with Crippen LogP contribution in [0.3, 0.4) is 0 Å². The van der Waals surface area contributed by atoms with E-state index in [1.807, 2.05) is 23.6 Å². The van der Waals surface area contributed by atoms with E-state index < -0.39 is 0 Å². The molecule has 3 fully saturated rings. The first kappa shape index (κ1) is 16.6. The van der Waals surface area contributed by atoms with E-state index in [0.29, 0.717) is 18.6 Å². The molecule has 1 atom stereocenters. The number of likely N-dealkylation sites (tertiary alicyclic amines) is 1. The van der Waals surface area contributed by atoms with E-state index in [2.05, 4.69) is 0 Å². The maximum absolute atomic E-state index is 11.9. The van der Waals surface area contributed by atoms with E-state index in [9.17, 15) is 4.79 Å². The van der Waals surface area contributed by atoms with Crippen LogP contribution in [-0.4, -0.2) is 73.5 Å². The molecule has 3 rings (SSSR count). The first-order valence-corrected chi connectivity index (χ1v) is 9.38. The van der Waals surface area contributed by atoms with Crippen LogP contribution >= 0.6 is 11.8 Å². The Morgan fingerprint density at radius 1 is 1.36 bits per heavy atom. The number of hydrogen-bond donors (Lipinski definition) is 0. The summed E-state index contributed by atoms with van der Waals surface area (Å²) in [7, 11) is 0. The largest absolute Gasteiger partial charge is 0.381 e. The summed E-state index contributed by atoms with van der Waals surface area (Å²) in [5.74, 6) is 1.86. The fraction of sp³-hybridized carbons (Fsp3) is 0.938. The molecule has 0 aliphatic carbocycles. The number of carbonyl (C=O) groups is 1. The van der Waals surface area contributed by atoms with Crippen LogP contribution in [0.4, 0.5) is 0 Å². The molecule has 6 heteroatoms. The summed E-state index contributed by atoms with van der Waals surface area (Å²) in [4.78, 5) is 13.8. The van der Waals surface area contributed by atoms with Crippen molar-refractivity contribution in [3.05, 3.63) is 0 Å². The van der Waals surface area contributed by atoms with Gasteiger partial charge in [0.15, 0.2) is 0 Å². The molecular formula is C16H27NO4S. The molecule has 5 nitrogen and oxygen atoms in total. The minimum Gasteiger partial charge on any atom is -0.381 e. The molecule has 0 N–H and O–H groups in total. The second-order valence-electron chi connectivity index (χ2n) is 6.60. The quantitative estimate of drug-likeness (QED) is 0.740. The Hall–Kier alpha value is -0.300. The third kappa shape index (κ3) is 3.96. The Kier molecular flexibility index (Phi) is 5.65. The number of hydrogen-bond acceptors (Lipinski definition) is 5. The summed E-state index contributed by atoms with van der Waals surface area (Å²) in [6.07, 6.45) is 3.70. The minimum atomic E-state index is 0.125. The maximum atomic E-state index is 11.9. The summed E-state index contributed by atoms with van der Waals surface area (Å²) in [6.45, 7) is 7.10. The summed E-state index contributed by atoms with van der Waals surface area (Å²) in [5, 5.41) is 0. The molecule has 0 aromatic heterocycles. The standard InChI is InChI=1S/C16H27NO4S/c1-2-19-9-15(18)17-11-16(12-17)7-14(10-22-16)21-8-13-3-5-20-6-4-13/h13-14H,2-12H2,1H3/t14-/m1/s1. The normalized spacial score (nSPS) is 28.0. The molecule has 1 spiro atoms. The lowest BCUT2D eigenvalue weighted by Crippen LogP contribution is -2.61. The van der Waals surface area contributed by atoms with Crippen LogP contribution in [0.2, 0.25) is 0 Å². The highest BCUT2D eigenvalue weighted by atomic mass is 32.2. The van der Waals surface area contributed by atoms with E-state index in [0.717, 1.165) is 57.9 Å². The molecule has 3 saturated heterocycles. The highest BCUT2D eigenvalue weighted by molar-refractivity contribution is 8.01. The van der Waals surface area contributed by atoms with Crippen molar-refractivity contribution in [2.75, 3.05) is 51.9 Å². The second kappa shape index (κ2) is 7.51. The maximum Gasteiger partial charge on any atom is 0.248 e. The molecule has 22 heavy (non-hydrogen) atoms. The molecule has 3 aliphatic heterocycles. The molecule has 1 amide bonds. The topological polar surface area (TPSA) is 48.0 Å². The molecule has 0 aromatic carbocycles. The van der Waals surface area contributed by atoms with Crippen LogP contribution in [0, 0.1) is 5.92 Å². The van der Waals surface area contributed by atoms with E-state index in [1.54, 1.807) is 0 Å². The van der Waals surface area contributed by atoms with Crippen LogP contribution in [0.1, 0.15) is 26.2 Å². The van der Waals surface area contributed by atoms with Crippen molar-refractivity contribution in [3.8, 4) is 0 Å². The van der Waals surface area contributed by atoms with Gasteiger partial charge in [-0.2, -0.15) is 0 Å². The zero-order valence-electron chi connectivity index (χ0n) is 13.4. The molecule has 0 aromatic rings. The van der Waals surface area contributed by atoms with Gasteiger partial charge in [0.25, 0.3) is 0 Å². The van der Waals surface area contributed by atoms with Crippen LogP contribution in [-0.2, 0) is 19.0 Å². The van der Waals surface area contributed by atoms with Gasteiger partial charge in [0.2, 0.25) is 5.91 Å². The Morgan fingerprint density at radius 2 is 2.14 bits per heavy atom. The number of amides is 1. The lowest BCUT2D eigenvalue weighted by molar-refractivity contribution is -0.141. The van der Waals surface area contributed by atoms with Crippen molar-refractivity contribution in [1.29, 1.82) is 0 Å². The van der Waals surface area contributed by atoms with Crippen LogP contribution in [0.15, 0.2) is 0 Å². The van der Waals surface area contributed by atoms with Crippen LogP contribution in [0.5, 0.6) is 0 Å². The molecule has 0 saturated carbocycles. The lowest BCUT2D eigenvalue weighted by atomic mass is 9.92. The number of nitrogens with zero attached hydrogens (tertiary/aromatic N) is 1. The molecule has 126 valence electrons. The van der Waals surface area contributed by atoms with Gasteiger partial charge in [0.05, 0.1) is 10.9 Å². The SMILES string of the molecule is CCOCC(=O)N1CC2(C[C@@H](OCC3CCOCC3)CS2)C1. The highest BCUT2D eigenvalue weighted by Crippen LogP contribution is 2.46. The van der Waals surface area contributed by atoms with Crippen molar-refractivity contribution in [1.82, 2.24) is 4.90 Å². The van der Waals surface area contributed by atoms with Gasteiger partial charge in [0, 0.05) is 45.3 Å². The number of ether oxygens (including phenoxy) is 3. The first-order valence-electron chi connectivity index (χ1n) is 8.39. The summed E-state index contributed by atoms with van der Waals surface area (Å²) < 4.78 is 17.0. The van der Waals surface area contributed by atoms with Gasteiger partial charge >= 0.3 is 0 Å². The zero-order valence-corrected chi connectivity index (χ0v) is 14.2. The second-order valence-corrected chi connectivity index (χ2v) is 8.08. The average Bonchev–Trinajstić information content (AvgIpc) is 2.95. The van der Waals surface area contributed by atoms with Crippen molar-refractivity contribution >= 4 is 17.7 Å². The summed E-state index contributed by atoms with van der Waals surface area (Å²) >= 11 is 1.99. The van der Waals surface area contributed by atoms with E-state index in [1.165, 1.54) is 0 Å². The monoisotopic (exact) mass is 329 g/mol. The fourth-order valence-corrected chi connectivity index (χ4v) is 4.97. The molecule has 0 radical (unpaired) electrons. The lowest BCUT2D eigenvalue weighted by Gasteiger charge is -2.47. The average molecular weight is 329 g/mol. The third-order valence-electron chi connectivity index (χ3n) is 4.82. The molecule has 3 heterocycles. The predicted octanol–water partition coefficient (Wildman–Crippen LogP) is 1.55. The van der Waals surface area contributed by atoms with Crippen LogP contribution < -0.4 is 0 Å². The number of carbonyl (C=O) groups excluding carboxylic acids is 1. The van der Waals surface area contributed by atoms with Crippen molar-refractivity contribution in [3.63, 3.8) is 0 Å². The third-order valence-corrected chi connectivity index (χ3v) is 6.40. The van der Waals surface area contributed by atoms with Gasteiger partial charge in [0.1, 0.15) is 6.61 Å². The fourth-order valence-electron chi connectivity index (χ4n) is 3.42. The first-order chi connectivity index (χ1) is 10.7. The van der Waals surface area contributed by atoms with Gasteiger partial charge < -0.3 is 19.1 Å². The van der Waals surface area contributed by atoms with Gasteiger partial charge in [-0.1, -0.05) is 0 Å². The zero-order chi connectivity index (χ0) is 15.4. The Balaban J connectivity index is 1.35. The van der Waals surface area contributed by atoms with Crippen LogP contribution in [0.25, 0.3) is 0 Å². The molecule has 3 aliphatic rings. The predicted molar refractivity (Wildman–Crippen MR) is 86.2 cm³/mol. The summed E-state index contributed by atoms with van der Waals surface area (Å²) in [6, 6.07) is 0. The minimum absolute atomic E-state index is 0.125.